The number of likely N-dealkylation sites (N-methyl/N-ethyl adjacent to an activating group) is 1. The summed E-state index contributed by atoms with van der Waals surface area (Å²) in [6, 6.07) is 5.07. The number of aliphatic hydroxyl groups is 1. The number of nitriles is 1. The Labute approximate surface area is 174 Å². The van der Waals surface area contributed by atoms with Crippen LogP contribution in [0, 0.1) is 16.7 Å². The molecule has 4 heterocycles. The third kappa shape index (κ3) is 1.81. The zero-order valence-corrected chi connectivity index (χ0v) is 17.7. The van der Waals surface area contributed by atoms with Gasteiger partial charge in [-0.25, -0.2) is 0 Å². The van der Waals surface area contributed by atoms with Gasteiger partial charge in [0.05, 0.1) is 24.1 Å². The van der Waals surface area contributed by atoms with Gasteiger partial charge in [0.2, 0.25) is 6.79 Å². The van der Waals surface area contributed by atoms with Crippen LogP contribution >= 0.6 is 0 Å². The second kappa shape index (κ2) is 5.47. The Balaban J connectivity index is 1.78. The Hall–Kier alpha value is -2.22. The van der Waals surface area contributed by atoms with Gasteiger partial charge in [0.25, 0.3) is 11.8 Å². The van der Waals surface area contributed by atoms with Gasteiger partial charge in [-0.05, 0) is 36.7 Å². The van der Waals surface area contributed by atoms with Crippen LogP contribution in [0.25, 0.3) is 0 Å². The predicted octanol–water partition coefficient (Wildman–Crippen LogP) is 0.689. The summed E-state index contributed by atoms with van der Waals surface area (Å²) in [5.74, 6) is 0.455. The number of rotatable bonds is 2. The standard InChI is InChI=1S/C19H19N3O5S2/c1-17(8-20)7-19-16(25)21(3)18(2,29(19)28)15(24)22(19)14(17)10-4-5-12-13(11(10)6-23)27-9-26-12/h4-5,14,23H,6-7,9H2,1-3H3/t14?,17-,18?,19?,29?/m1/s1. The van der Waals surface area contributed by atoms with Crippen LogP contribution in [-0.4, -0.2) is 50.3 Å². The van der Waals surface area contributed by atoms with Crippen LogP contribution in [0.5, 0.6) is 11.5 Å². The molecule has 152 valence electrons. The molecule has 0 aliphatic carbocycles. The van der Waals surface area contributed by atoms with E-state index in [1.165, 1.54) is 4.90 Å². The van der Waals surface area contributed by atoms with Gasteiger partial charge in [0, 0.05) is 19.0 Å². The SMILES string of the molecule is CN1C(=O)C23C[C@](C)(C#N)C(c4ccc5c(c4CO)OCO5)N2C(=O)C1(C)S3=S. The summed E-state index contributed by atoms with van der Waals surface area (Å²) in [5.41, 5.74) is -0.00147. The highest BCUT2D eigenvalue weighted by molar-refractivity contribution is 8.31. The van der Waals surface area contributed by atoms with Crippen LogP contribution in [-0.2, 0) is 36.8 Å². The monoisotopic (exact) mass is 433 g/mol. The van der Waals surface area contributed by atoms with Gasteiger partial charge in [0.1, 0.15) is 0 Å². The Morgan fingerprint density at radius 2 is 2.07 bits per heavy atom. The number of carbonyl (C=O) groups excluding carboxylic acids is 2. The molecule has 10 heteroatoms. The normalized spacial score (nSPS) is 39.3. The van der Waals surface area contributed by atoms with E-state index in [1.807, 2.05) is 0 Å². The molecular weight excluding hydrogens is 414 g/mol. The predicted molar refractivity (Wildman–Crippen MR) is 105 cm³/mol. The highest BCUT2D eigenvalue weighted by atomic mass is 32.8. The van der Waals surface area contributed by atoms with Crippen molar-refractivity contribution in [1.29, 1.82) is 5.26 Å². The molecule has 3 saturated heterocycles. The van der Waals surface area contributed by atoms with Crippen molar-refractivity contribution in [2.24, 2.45) is 5.41 Å². The third-order valence-corrected chi connectivity index (χ3v) is 10.9. The molecule has 3 fully saturated rings. The van der Waals surface area contributed by atoms with E-state index in [1.54, 1.807) is 37.9 Å². The lowest BCUT2D eigenvalue weighted by molar-refractivity contribution is -0.159. The number of ether oxygens (including phenoxy) is 2. The van der Waals surface area contributed by atoms with Crippen molar-refractivity contribution in [2.45, 2.75) is 42.7 Å². The molecule has 0 aromatic heterocycles. The van der Waals surface area contributed by atoms with Crippen LogP contribution in [0.4, 0.5) is 0 Å². The number of carbonyl (C=O) groups is 2. The second-order valence-corrected chi connectivity index (χ2v) is 11.2. The molecule has 2 amide bonds. The molecule has 29 heavy (non-hydrogen) atoms. The number of piperazine rings is 1. The molecule has 2 bridgehead atoms. The molecule has 8 nitrogen and oxygen atoms in total. The number of fused-ring (bicyclic) bond motifs is 2. The Kier molecular flexibility index (Phi) is 3.55. The van der Waals surface area contributed by atoms with Gasteiger partial charge in [-0.15, -0.1) is 0 Å². The third-order valence-electron chi connectivity index (χ3n) is 6.81. The number of hydrogen-bond acceptors (Lipinski definition) is 7. The maximum Gasteiger partial charge on any atom is 0.261 e. The smallest absolute Gasteiger partial charge is 0.261 e. The van der Waals surface area contributed by atoms with Gasteiger partial charge >= 0.3 is 0 Å². The summed E-state index contributed by atoms with van der Waals surface area (Å²) in [4.78, 5) is 27.6. The number of benzene rings is 1. The minimum Gasteiger partial charge on any atom is -0.454 e. The first-order valence-corrected chi connectivity index (χ1v) is 11.3. The molecule has 5 rings (SSSR count). The van der Waals surface area contributed by atoms with Crippen molar-refractivity contribution in [1.82, 2.24) is 9.80 Å². The van der Waals surface area contributed by atoms with E-state index in [4.69, 9.17) is 20.7 Å². The fourth-order valence-corrected chi connectivity index (χ4v) is 8.79. The highest BCUT2D eigenvalue weighted by Crippen LogP contribution is 2.65. The highest BCUT2D eigenvalue weighted by Gasteiger charge is 2.80. The first-order chi connectivity index (χ1) is 13.7. The molecule has 0 radical (unpaired) electrons. The Morgan fingerprint density at radius 1 is 1.34 bits per heavy atom. The minimum atomic E-state index is -1.21. The number of amides is 2. The molecule has 1 N–H and O–H groups in total. The van der Waals surface area contributed by atoms with Crippen LogP contribution in [0.1, 0.15) is 37.4 Å². The van der Waals surface area contributed by atoms with Crippen LogP contribution in [0.3, 0.4) is 0 Å². The van der Waals surface area contributed by atoms with Crippen molar-refractivity contribution < 1.29 is 24.2 Å². The van der Waals surface area contributed by atoms with E-state index < -0.39 is 30.7 Å². The summed E-state index contributed by atoms with van der Waals surface area (Å²) in [6.07, 6.45) is 0.164. The molecule has 1 aromatic rings. The van der Waals surface area contributed by atoms with E-state index in [2.05, 4.69) is 6.07 Å². The van der Waals surface area contributed by atoms with Crippen molar-refractivity contribution in [3.05, 3.63) is 23.3 Å². The topological polar surface area (TPSA) is 103 Å². The maximum absolute atomic E-state index is 13.6. The lowest BCUT2D eigenvalue weighted by Gasteiger charge is -2.40. The van der Waals surface area contributed by atoms with E-state index in [-0.39, 0.29) is 31.6 Å². The number of hydrogen-bond donors (Lipinski definition) is 1. The van der Waals surface area contributed by atoms with Crippen LogP contribution < -0.4 is 9.47 Å². The van der Waals surface area contributed by atoms with Crippen molar-refractivity contribution in [3.63, 3.8) is 0 Å². The van der Waals surface area contributed by atoms with Crippen LogP contribution in [0.15, 0.2) is 12.1 Å². The zero-order valence-electron chi connectivity index (χ0n) is 16.1. The Bertz CT molecular complexity index is 1070. The first kappa shape index (κ1) is 18.8. The van der Waals surface area contributed by atoms with Crippen molar-refractivity contribution in [3.8, 4) is 17.6 Å². The summed E-state index contributed by atoms with van der Waals surface area (Å²) in [5, 5.41) is 20.2. The second-order valence-electron chi connectivity index (χ2n) is 8.21. The Morgan fingerprint density at radius 3 is 2.72 bits per heavy atom. The molecule has 4 aliphatic heterocycles. The molecule has 1 aromatic carbocycles. The van der Waals surface area contributed by atoms with Gasteiger partial charge in [-0.3, -0.25) is 9.59 Å². The van der Waals surface area contributed by atoms with Gasteiger partial charge in [-0.2, -0.15) is 5.26 Å². The maximum atomic E-state index is 13.6. The van der Waals surface area contributed by atoms with E-state index in [9.17, 15) is 20.0 Å². The summed E-state index contributed by atoms with van der Waals surface area (Å²) in [7, 11) is 0.589. The van der Waals surface area contributed by atoms with E-state index in [0.717, 1.165) is 0 Å². The summed E-state index contributed by atoms with van der Waals surface area (Å²) >= 11 is 5.78. The molecular formula is C19H19N3O5S2. The molecule has 5 atom stereocenters. The van der Waals surface area contributed by atoms with E-state index in [0.29, 0.717) is 22.6 Å². The largest absolute Gasteiger partial charge is 0.454 e. The molecule has 0 saturated carbocycles. The summed E-state index contributed by atoms with van der Waals surface area (Å²) in [6.45, 7) is 3.15. The minimum absolute atomic E-state index is 0.0372. The van der Waals surface area contributed by atoms with Gasteiger partial charge in [0.15, 0.2) is 21.2 Å². The van der Waals surface area contributed by atoms with E-state index >= 15 is 0 Å². The fourth-order valence-electron chi connectivity index (χ4n) is 5.27. The average Bonchev–Trinajstić information content (AvgIpc) is 3.37. The fraction of sp³-hybridized carbons (Fsp3) is 0.526. The molecule has 4 aliphatic rings. The lowest BCUT2D eigenvalue weighted by Crippen LogP contribution is -2.60. The number of aliphatic hydroxyl groups excluding tert-OH is 1. The average molecular weight is 434 g/mol. The van der Waals surface area contributed by atoms with Crippen LogP contribution in [0.2, 0.25) is 0 Å². The quantitative estimate of drug-likeness (QED) is 0.732. The van der Waals surface area contributed by atoms with Crippen molar-refractivity contribution >= 4 is 32.5 Å². The lowest BCUT2D eigenvalue weighted by atomic mass is 9.78. The summed E-state index contributed by atoms with van der Waals surface area (Å²) < 4.78 is 10.9. The van der Waals surface area contributed by atoms with Crippen molar-refractivity contribution in [2.75, 3.05) is 13.8 Å². The van der Waals surface area contributed by atoms with Gasteiger partial charge < -0.3 is 24.4 Å². The van der Waals surface area contributed by atoms with Gasteiger partial charge in [-0.1, -0.05) is 15.5 Å². The number of nitrogens with zero attached hydrogens (tertiary/aromatic N) is 3. The molecule has 4 unspecified atom stereocenters. The zero-order chi connectivity index (χ0) is 20.9. The first-order valence-electron chi connectivity index (χ1n) is 9.16. The molecule has 1 spiro atoms.